The van der Waals surface area contributed by atoms with Gasteiger partial charge >= 0.3 is 6.18 Å². The van der Waals surface area contributed by atoms with Gasteiger partial charge < -0.3 is 4.42 Å². The van der Waals surface area contributed by atoms with Gasteiger partial charge in [0.2, 0.25) is 10.0 Å². The van der Waals surface area contributed by atoms with Crippen LogP contribution in [-0.2, 0) is 22.7 Å². The lowest BCUT2D eigenvalue weighted by molar-refractivity contribution is -0.137. The normalized spacial score (nSPS) is 12.3. The van der Waals surface area contributed by atoms with E-state index < -0.39 is 26.7 Å². The first-order chi connectivity index (χ1) is 11.2. The molecule has 0 saturated heterocycles. The SMILES string of the molecule is N#CCCN(Cc1ccco1)S(=O)(=O)c1cccc(C(F)(F)F)c1. The molecule has 5 nitrogen and oxygen atoms in total. The van der Waals surface area contributed by atoms with Gasteiger partial charge in [-0.05, 0) is 30.3 Å². The van der Waals surface area contributed by atoms with Gasteiger partial charge in [-0.1, -0.05) is 6.07 Å². The molecule has 0 aliphatic heterocycles. The molecule has 0 aliphatic rings. The topological polar surface area (TPSA) is 74.3 Å². The third-order valence-electron chi connectivity index (χ3n) is 3.18. The Morgan fingerprint density at radius 3 is 2.54 bits per heavy atom. The number of hydrogen-bond donors (Lipinski definition) is 0. The second-order valence-corrected chi connectivity index (χ2v) is 6.79. The minimum absolute atomic E-state index is 0.0983. The molecule has 24 heavy (non-hydrogen) atoms. The number of nitriles is 1. The molecular weight excluding hydrogens is 345 g/mol. The molecule has 2 aromatic rings. The van der Waals surface area contributed by atoms with Crippen LogP contribution in [0.4, 0.5) is 13.2 Å². The van der Waals surface area contributed by atoms with E-state index in [1.807, 2.05) is 6.07 Å². The van der Waals surface area contributed by atoms with Crippen molar-refractivity contribution >= 4 is 10.0 Å². The summed E-state index contributed by atoms with van der Waals surface area (Å²) in [6.45, 7) is -0.330. The Morgan fingerprint density at radius 2 is 1.96 bits per heavy atom. The van der Waals surface area contributed by atoms with Crippen LogP contribution in [-0.4, -0.2) is 19.3 Å². The fourth-order valence-corrected chi connectivity index (χ4v) is 3.47. The second kappa shape index (κ2) is 7.07. The van der Waals surface area contributed by atoms with Crippen molar-refractivity contribution < 1.29 is 26.0 Å². The van der Waals surface area contributed by atoms with Gasteiger partial charge in [0.1, 0.15) is 5.76 Å². The molecule has 1 aromatic heterocycles. The summed E-state index contributed by atoms with van der Waals surface area (Å²) in [6, 6.07) is 8.43. The number of alkyl halides is 3. The molecule has 0 bridgehead atoms. The van der Waals surface area contributed by atoms with Gasteiger partial charge in [-0.2, -0.15) is 22.7 Å². The summed E-state index contributed by atoms with van der Waals surface area (Å²) in [5.41, 5.74) is -1.05. The van der Waals surface area contributed by atoms with Crippen LogP contribution in [0.15, 0.2) is 52.0 Å². The van der Waals surface area contributed by atoms with E-state index in [-0.39, 0.29) is 19.5 Å². The summed E-state index contributed by atoms with van der Waals surface area (Å²) in [4.78, 5) is -0.484. The highest BCUT2D eigenvalue weighted by atomic mass is 32.2. The number of hydrogen-bond acceptors (Lipinski definition) is 4. The van der Waals surface area contributed by atoms with Crippen molar-refractivity contribution in [2.24, 2.45) is 0 Å². The highest BCUT2D eigenvalue weighted by molar-refractivity contribution is 7.89. The number of sulfonamides is 1. The van der Waals surface area contributed by atoms with Crippen LogP contribution < -0.4 is 0 Å². The summed E-state index contributed by atoms with van der Waals surface area (Å²) in [7, 11) is -4.21. The average molecular weight is 358 g/mol. The largest absolute Gasteiger partial charge is 0.468 e. The van der Waals surface area contributed by atoms with E-state index >= 15 is 0 Å². The molecular formula is C15H13F3N2O3S. The van der Waals surface area contributed by atoms with Gasteiger partial charge in [-0.25, -0.2) is 8.42 Å². The summed E-state index contributed by atoms with van der Waals surface area (Å²) in [5.74, 6) is 0.323. The third kappa shape index (κ3) is 4.15. The molecule has 0 unspecified atom stereocenters. The van der Waals surface area contributed by atoms with Crippen molar-refractivity contribution in [3.63, 3.8) is 0 Å². The van der Waals surface area contributed by atoms with Crippen LogP contribution in [0, 0.1) is 11.3 Å². The first-order valence-corrected chi connectivity index (χ1v) is 8.26. The van der Waals surface area contributed by atoms with Crippen LogP contribution in [0.2, 0.25) is 0 Å². The van der Waals surface area contributed by atoms with Gasteiger partial charge in [0.25, 0.3) is 0 Å². The lowest BCUT2D eigenvalue weighted by atomic mass is 10.2. The Balaban J connectivity index is 2.38. The van der Waals surface area contributed by atoms with Crippen molar-refractivity contribution in [1.29, 1.82) is 5.26 Å². The molecule has 128 valence electrons. The van der Waals surface area contributed by atoms with Crippen molar-refractivity contribution in [3.8, 4) is 6.07 Å². The number of nitrogens with zero attached hydrogens (tertiary/aromatic N) is 2. The van der Waals surface area contributed by atoms with Crippen molar-refractivity contribution in [1.82, 2.24) is 4.31 Å². The van der Waals surface area contributed by atoms with E-state index in [4.69, 9.17) is 9.68 Å². The lowest BCUT2D eigenvalue weighted by Crippen LogP contribution is -2.31. The molecule has 0 N–H and O–H groups in total. The maximum Gasteiger partial charge on any atom is 0.416 e. The van der Waals surface area contributed by atoms with Crippen LogP contribution in [0.1, 0.15) is 17.7 Å². The van der Waals surface area contributed by atoms with Crippen molar-refractivity contribution in [3.05, 3.63) is 54.0 Å². The van der Waals surface area contributed by atoms with Gasteiger partial charge in [0.15, 0.2) is 0 Å². The number of benzene rings is 1. The standard InChI is InChI=1S/C15H13F3N2O3S/c16-15(17,18)12-4-1-6-14(10-12)24(21,22)20(8-3-7-19)11-13-5-2-9-23-13/h1-2,4-6,9-10H,3,8,11H2. The Kier molecular flexibility index (Phi) is 5.31. The lowest BCUT2D eigenvalue weighted by Gasteiger charge is -2.20. The Labute approximate surface area is 137 Å². The first-order valence-electron chi connectivity index (χ1n) is 6.82. The minimum atomic E-state index is -4.65. The van der Waals surface area contributed by atoms with E-state index in [1.165, 1.54) is 6.26 Å². The Morgan fingerprint density at radius 1 is 1.21 bits per heavy atom. The molecule has 0 saturated carbocycles. The van der Waals surface area contributed by atoms with E-state index in [1.54, 1.807) is 12.1 Å². The maximum atomic E-state index is 12.8. The molecule has 0 radical (unpaired) electrons. The smallest absolute Gasteiger partial charge is 0.416 e. The molecule has 2 rings (SSSR count). The zero-order valence-corrected chi connectivity index (χ0v) is 13.1. The summed E-state index contributed by atoms with van der Waals surface area (Å²) < 4.78 is 69.7. The third-order valence-corrected chi connectivity index (χ3v) is 5.03. The first kappa shape index (κ1) is 18.0. The predicted octanol–water partition coefficient (Wildman–Crippen LogP) is 3.40. The van der Waals surface area contributed by atoms with Crippen LogP contribution >= 0.6 is 0 Å². The second-order valence-electron chi connectivity index (χ2n) is 4.85. The molecule has 0 atom stereocenters. The van der Waals surface area contributed by atoms with Crippen LogP contribution in [0.25, 0.3) is 0 Å². The number of halogens is 3. The number of rotatable bonds is 6. The van der Waals surface area contributed by atoms with Gasteiger partial charge in [-0.15, -0.1) is 0 Å². The molecule has 0 amide bonds. The monoisotopic (exact) mass is 358 g/mol. The zero-order valence-electron chi connectivity index (χ0n) is 12.3. The van der Waals surface area contributed by atoms with E-state index in [0.29, 0.717) is 11.8 Å². The highest BCUT2D eigenvalue weighted by Gasteiger charge is 2.33. The average Bonchev–Trinajstić information content (AvgIpc) is 3.03. The minimum Gasteiger partial charge on any atom is -0.468 e. The van der Waals surface area contributed by atoms with Crippen molar-refractivity contribution in [2.75, 3.05) is 6.54 Å². The quantitative estimate of drug-likeness (QED) is 0.793. The zero-order chi connectivity index (χ0) is 17.8. The Bertz CT molecular complexity index is 824. The predicted molar refractivity (Wildman–Crippen MR) is 78.0 cm³/mol. The van der Waals surface area contributed by atoms with E-state index in [0.717, 1.165) is 22.5 Å². The molecule has 9 heteroatoms. The van der Waals surface area contributed by atoms with E-state index in [2.05, 4.69) is 0 Å². The van der Waals surface area contributed by atoms with Gasteiger partial charge in [0, 0.05) is 13.0 Å². The van der Waals surface area contributed by atoms with Gasteiger partial charge in [0.05, 0.1) is 29.3 Å². The van der Waals surface area contributed by atoms with Gasteiger partial charge in [-0.3, -0.25) is 0 Å². The maximum absolute atomic E-state index is 12.8. The molecule has 1 aromatic carbocycles. The molecule has 0 spiro atoms. The summed E-state index contributed by atoms with van der Waals surface area (Å²) in [5, 5.41) is 8.68. The molecule has 1 heterocycles. The number of furan rings is 1. The van der Waals surface area contributed by atoms with Crippen molar-refractivity contribution in [2.45, 2.75) is 24.0 Å². The highest BCUT2D eigenvalue weighted by Crippen LogP contribution is 2.31. The fraction of sp³-hybridized carbons (Fsp3) is 0.267. The van der Waals surface area contributed by atoms with Crippen LogP contribution in [0.5, 0.6) is 0 Å². The summed E-state index contributed by atoms with van der Waals surface area (Å²) >= 11 is 0. The fourth-order valence-electron chi connectivity index (χ4n) is 2.02. The molecule has 0 aliphatic carbocycles. The van der Waals surface area contributed by atoms with E-state index in [9.17, 15) is 21.6 Å². The summed E-state index contributed by atoms with van der Waals surface area (Å²) in [6.07, 6.45) is -3.39. The Hall–Kier alpha value is -2.31. The van der Waals surface area contributed by atoms with Crippen LogP contribution in [0.3, 0.4) is 0 Å². The molecule has 0 fully saturated rings.